The second-order valence-corrected chi connectivity index (χ2v) is 6.15. The van der Waals surface area contributed by atoms with Crippen LogP contribution in [-0.2, 0) is 0 Å². The van der Waals surface area contributed by atoms with Gasteiger partial charge in [0.1, 0.15) is 0 Å². The number of hydrogen-bond donors (Lipinski definition) is 1. The van der Waals surface area contributed by atoms with Crippen molar-refractivity contribution in [1.82, 2.24) is 5.32 Å². The van der Waals surface area contributed by atoms with Gasteiger partial charge in [-0.15, -0.1) is 0 Å². The van der Waals surface area contributed by atoms with Gasteiger partial charge >= 0.3 is 0 Å². The highest BCUT2D eigenvalue weighted by Gasteiger charge is 2.38. The van der Waals surface area contributed by atoms with E-state index >= 15 is 0 Å². The molecule has 1 aromatic rings. The summed E-state index contributed by atoms with van der Waals surface area (Å²) in [5, 5.41) is 4.38. The van der Waals surface area contributed by atoms with E-state index in [4.69, 9.17) is 11.6 Å². The minimum Gasteiger partial charge on any atom is -0.314 e. The van der Waals surface area contributed by atoms with Crippen LogP contribution >= 0.6 is 27.5 Å². The van der Waals surface area contributed by atoms with E-state index in [9.17, 15) is 0 Å². The summed E-state index contributed by atoms with van der Waals surface area (Å²) < 4.78 is 1.05. The minimum atomic E-state index is 0.571. The zero-order valence-corrected chi connectivity index (χ0v) is 12.0. The Bertz CT molecular complexity index is 378. The highest BCUT2D eigenvalue weighted by atomic mass is 79.9. The lowest BCUT2D eigenvalue weighted by Gasteiger charge is -2.08. The van der Waals surface area contributed by atoms with Crippen LogP contribution in [0.3, 0.4) is 0 Å². The zero-order chi connectivity index (χ0) is 11.7. The van der Waals surface area contributed by atoms with Gasteiger partial charge in [0.2, 0.25) is 0 Å². The summed E-state index contributed by atoms with van der Waals surface area (Å²) in [6, 6.07) is 6.78. The molecule has 0 amide bonds. The van der Waals surface area contributed by atoms with Gasteiger partial charge in [0.05, 0.1) is 0 Å². The predicted molar refractivity (Wildman–Crippen MR) is 73.1 cm³/mol. The Hall–Kier alpha value is -0.0500. The normalized spacial score (nSPS) is 23.8. The van der Waals surface area contributed by atoms with Crippen molar-refractivity contribution in [2.45, 2.75) is 32.2 Å². The summed E-state index contributed by atoms with van der Waals surface area (Å²) in [6.45, 7) is 5.47. The van der Waals surface area contributed by atoms with E-state index in [1.807, 2.05) is 6.07 Å². The van der Waals surface area contributed by atoms with Crippen LogP contribution in [0.4, 0.5) is 0 Å². The zero-order valence-electron chi connectivity index (χ0n) is 9.63. The molecule has 0 spiro atoms. The molecule has 1 aliphatic carbocycles. The van der Waals surface area contributed by atoms with E-state index in [0.717, 1.165) is 22.0 Å². The molecule has 0 saturated heterocycles. The van der Waals surface area contributed by atoms with Crippen molar-refractivity contribution in [3.63, 3.8) is 0 Å². The molecule has 0 heterocycles. The van der Waals surface area contributed by atoms with Gasteiger partial charge < -0.3 is 5.32 Å². The largest absolute Gasteiger partial charge is 0.314 e. The van der Waals surface area contributed by atoms with Crippen LogP contribution in [0.1, 0.15) is 31.7 Å². The van der Waals surface area contributed by atoms with E-state index in [2.05, 4.69) is 47.2 Å². The van der Waals surface area contributed by atoms with E-state index < -0.39 is 0 Å². The number of nitrogens with one attached hydrogen (secondary N) is 1. The Morgan fingerprint density at radius 1 is 1.50 bits per heavy atom. The fourth-order valence-electron chi connectivity index (χ4n) is 2.04. The standard InChI is InChI=1S/C13H17BrClN/c1-8(2)16-7-9-5-12(9)11-4-3-10(14)6-13(11)15/h3-4,6,8-9,12,16H,5,7H2,1-2H3. The fraction of sp³-hybridized carbons (Fsp3) is 0.538. The van der Waals surface area contributed by atoms with Crippen LogP contribution in [0.2, 0.25) is 5.02 Å². The Labute approximate surface area is 111 Å². The molecule has 0 radical (unpaired) electrons. The van der Waals surface area contributed by atoms with Crippen molar-refractivity contribution >= 4 is 27.5 Å². The third-order valence-corrected chi connectivity index (χ3v) is 3.89. The number of rotatable bonds is 4. The second-order valence-electron chi connectivity index (χ2n) is 4.83. The first kappa shape index (κ1) is 12.4. The van der Waals surface area contributed by atoms with Gasteiger partial charge in [0.15, 0.2) is 0 Å². The van der Waals surface area contributed by atoms with Crippen molar-refractivity contribution in [3.8, 4) is 0 Å². The van der Waals surface area contributed by atoms with Crippen LogP contribution in [0, 0.1) is 5.92 Å². The van der Waals surface area contributed by atoms with Gasteiger partial charge in [-0.25, -0.2) is 0 Å². The van der Waals surface area contributed by atoms with E-state index in [0.29, 0.717) is 12.0 Å². The maximum atomic E-state index is 6.24. The molecule has 88 valence electrons. The van der Waals surface area contributed by atoms with Gasteiger partial charge in [-0.3, -0.25) is 0 Å². The molecule has 0 bridgehead atoms. The highest BCUT2D eigenvalue weighted by Crippen LogP contribution is 2.49. The lowest BCUT2D eigenvalue weighted by atomic mass is 10.1. The van der Waals surface area contributed by atoms with Gasteiger partial charge in [0.25, 0.3) is 0 Å². The Morgan fingerprint density at radius 3 is 2.88 bits per heavy atom. The van der Waals surface area contributed by atoms with Crippen LogP contribution in [0.5, 0.6) is 0 Å². The number of benzene rings is 1. The number of halogens is 2. The highest BCUT2D eigenvalue weighted by molar-refractivity contribution is 9.10. The molecule has 1 aliphatic rings. The first-order chi connectivity index (χ1) is 7.58. The van der Waals surface area contributed by atoms with Gasteiger partial charge in [-0.1, -0.05) is 47.4 Å². The Balaban J connectivity index is 1.95. The molecule has 2 unspecified atom stereocenters. The molecule has 0 aromatic heterocycles. The molecular weight excluding hydrogens is 286 g/mol. The third kappa shape index (κ3) is 2.99. The SMILES string of the molecule is CC(C)NCC1CC1c1ccc(Br)cc1Cl. The van der Waals surface area contributed by atoms with E-state index in [1.54, 1.807) is 0 Å². The summed E-state index contributed by atoms with van der Waals surface area (Å²) >= 11 is 9.68. The van der Waals surface area contributed by atoms with E-state index in [-0.39, 0.29) is 0 Å². The summed E-state index contributed by atoms with van der Waals surface area (Å²) in [6.07, 6.45) is 1.26. The average Bonchev–Trinajstić information content (AvgIpc) is 2.94. The van der Waals surface area contributed by atoms with E-state index in [1.165, 1.54) is 12.0 Å². The summed E-state index contributed by atoms with van der Waals surface area (Å²) in [7, 11) is 0. The topological polar surface area (TPSA) is 12.0 Å². The van der Waals surface area contributed by atoms with Crippen molar-refractivity contribution in [3.05, 3.63) is 33.3 Å². The van der Waals surface area contributed by atoms with Crippen molar-refractivity contribution in [2.24, 2.45) is 5.92 Å². The fourth-order valence-corrected chi connectivity index (χ4v) is 2.86. The lowest BCUT2D eigenvalue weighted by Crippen LogP contribution is -2.25. The minimum absolute atomic E-state index is 0.571. The van der Waals surface area contributed by atoms with Crippen molar-refractivity contribution < 1.29 is 0 Å². The van der Waals surface area contributed by atoms with Crippen LogP contribution in [0.15, 0.2) is 22.7 Å². The van der Waals surface area contributed by atoms with Crippen LogP contribution in [0.25, 0.3) is 0 Å². The predicted octanol–water partition coefficient (Wildman–Crippen LogP) is 4.20. The first-order valence-electron chi connectivity index (χ1n) is 5.76. The molecular formula is C13H17BrClN. The molecule has 0 aliphatic heterocycles. The van der Waals surface area contributed by atoms with Gasteiger partial charge in [-0.05, 0) is 42.5 Å². The molecule has 2 rings (SSSR count). The smallest absolute Gasteiger partial charge is 0.0452 e. The summed E-state index contributed by atoms with van der Waals surface area (Å²) in [5.41, 5.74) is 1.31. The summed E-state index contributed by atoms with van der Waals surface area (Å²) in [5.74, 6) is 1.42. The van der Waals surface area contributed by atoms with Crippen molar-refractivity contribution in [1.29, 1.82) is 0 Å². The summed E-state index contributed by atoms with van der Waals surface area (Å²) in [4.78, 5) is 0. The second kappa shape index (κ2) is 5.07. The molecule has 1 nitrogen and oxygen atoms in total. The van der Waals surface area contributed by atoms with Crippen molar-refractivity contribution in [2.75, 3.05) is 6.54 Å². The molecule has 3 heteroatoms. The quantitative estimate of drug-likeness (QED) is 0.879. The molecule has 2 atom stereocenters. The monoisotopic (exact) mass is 301 g/mol. The van der Waals surface area contributed by atoms with Crippen LogP contribution < -0.4 is 5.32 Å². The van der Waals surface area contributed by atoms with Gasteiger partial charge in [0, 0.05) is 15.5 Å². The first-order valence-corrected chi connectivity index (χ1v) is 6.93. The van der Waals surface area contributed by atoms with Crippen LogP contribution in [-0.4, -0.2) is 12.6 Å². The molecule has 1 aromatic carbocycles. The molecule has 1 N–H and O–H groups in total. The maximum absolute atomic E-state index is 6.24. The Morgan fingerprint density at radius 2 is 2.25 bits per heavy atom. The number of hydrogen-bond acceptors (Lipinski definition) is 1. The average molecular weight is 303 g/mol. The molecule has 1 fully saturated rings. The third-order valence-electron chi connectivity index (χ3n) is 3.07. The Kier molecular flexibility index (Phi) is 3.93. The molecule has 1 saturated carbocycles. The molecule has 16 heavy (non-hydrogen) atoms. The maximum Gasteiger partial charge on any atom is 0.0452 e. The van der Waals surface area contributed by atoms with Gasteiger partial charge in [-0.2, -0.15) is 0 Å². The lowest BCUT2D eigenvalue weighted by molar-refractivity contribution is 0.554.